The van der Waals surface area contributed by atoms with Gasteiger partial charge in [0.05, 0.1) is 48.1 Å². The van der Waals surface area contributed by atoms with Gasteiger partial charge < -0.3 is 29.9 Å². The zero-order chi connectivity index (χ0) is 21.4. The molecule has 2 heterocycles. The molecule has 8 heteroatoms. The van der Waals surface area contributed by atoms with Gasteiger partial charge in [-0.15, -0.1) is 11.8 Å². The molecule has 0 saturated carbocycles. The van der Waals surface area contributed by atoms with Crippen LogP contribution in [0.4, 0.5) is 0 Å². The molecule has 1 saturated heterocycles. The van der Waals surface area contributed by atoms with Gasteiger partial charge in [-0.25, -0.2) is 0 Å². The fourth-order valence-corrected chi connectivity index (χ4v) is 5.87. The molecule has 2 aliphatic heterocycles. The third-order valence-corrected chi connectivity index (χ3v) is 7.80. The highest BCUT2D eigenvalue weighted by atomic mass is 35.5. The number of aliphatic hydroxyl groups excluding tert-OH is 4. The number of methoxy groups -OCH3 is 1. The van der Waals surface area contributed by atoms with Crippen molar-refractivity contribution in [1.29, 1.82) is 0 Å². The van der Waals surface area contributed by atoms with Gasteiger partial charge in [-0.05, 0) is 35.2 Å². The van der Waals surface area contributed by atoms with Crippen LogP contribution in [0.1, 0.15) is 27.5 Å². The van der Waals surface area contributed by atoms with Crippen LogP contribution >= 0.6 is 23.4 Å². The first-order chi connectivity index (χ1) is 14.4. The highest BCUT2D eigenvalue weighted by Gasteiger charge is 2.45. The van der Waals surface area contributed by atoms with Gasteiger partial charge in [0.2, 0.25) is 0 Å². The maximum atomic E-state index is 10.7. The van der Waals surface area contributed by atoms with E-state index in [1.807, 2.05) is 30.3 Å². The summed E-state index contributed by atoms with van der Waals surface area (Å²) in [6.45, 7) is 0.202. The molecular weight excluding hydrogens is 428 g/mol. The number of aliphatic hydroxyl groups is 4. The summed E-state index contributed by atoms with van der Waals surface area (Å²) >= 11 is 7.94. The topological polar surface area (TPSA) is 99.4 Å². The second-order valence-corrected chi connectivity index (χ2v) is 9.38. The molecule has 6 nitrogen and oxygen atoms in total. The van der Waals surface area contributed by atoms with Gasteiger partial charge in [0.15, 0.2) is 0 Å². The molecule has 0 bridgehead atoms. The quantitative estimate of drug-likeness (QED) is 0.551. The highest BCUT2D eigenvalue weighted by Crippen LogP contribution is 2.49. The summed E-state index contributed by atoms with van der Waals surface area (Å²) in [5.41, 5.74) is 3.64. The lowest BCUT2D eigenvalue weighted by Crippen LogP contribution is -2.51. The first-order valence-corrected chi connectivity index (χ1v) is 11.2. The number of fused-ring (bicyclic) bond motifs is 1. The molecule has 162 valence electrons. The van der Waals surface area contributed by atoms with Crippen LogP contribution in [0.15, 0.2) is 30.3 Å². The lowest BCUT2D eigenvalue weighted by molar-refractivity contribution is -0.0701. The van der Waals surface area contributed by atoms with Crippen molar-refractivity contribution in [2.75, 3.05) is 20.3 Å². The lowest BCUT2D eigenvalue weighted by atomic mass is 9.90. The molecule has 5 atom stereocenters. The van der Waals surface area contributed by atoms with Crippen LogP contribution in [0.5, 0.6) is 11.5 Å². The normalized spacial score (nSPS) is 28.1. The Kier molecular flexibility index (Phi) is 6.48. The average molecular weight is 453 g/mol. The lowest BCUT2D eigenvalue weighted by Gasteiger charge is -2.40. The van der Waals surface area contributed by atoms with Gasteiger partial charge in [0.25, 0.3) is 0 Å². The molecule has 0 spiro atoms. The van der Waals surface area contributed by atoms with Crippen molar-refractivity contribution in [3.8, 4) is 11.5 Å². The van der Waals surface area contributed by atoms with Gasteiger partial charge in [0.1, 0.15) is 17.6 Å². The summed E-state index contributed by atoms with van der Waals surface area (Å²) in [7, 11) is 1.62. The smallest absolute Gasteiger partial charge is 0.141 e. The third kappa shape index (κ3) is 3.90. The Morgan fingerprint density at radius 1 is 1.13 bits per heavy atom. The Labute approximate surface area is 184 Å². The van der Waals surface area contributed by atoms with Crippen molar-refractivity contribution < 1.29 is 29.9 Å². The van der Waals surface area contributed by atoms with E-state index in [9.17, 15) is 20.4 Å². The summed E-state index contributed by atoms with van der Waals surface area (Å²) in [6.07, 6.45) is -2.49. The Morgan fingerprint density at radius 2 is 1.87 bits per heavy atom. The van der Waals surface area contributed by atoms with Crippen molar-refractivity contribution in [3.63, 3.8) is 0 Å². The minimum Gasteiger partial charge on any atom is -0.497 e. The van der Waals surface area contributed by atoms with Crippen molar-refractivity contribution in [2.24, 2.45) is 0 Å². The summed E-state index contributed by atoms with van der Waals surface area (Å²) in [5.74, 6) is 1.39. The van der Waals surface area contributed by atoms with Crippen molar-refractivity contribution in [3.05, 3.63) is 57.6 Å². The van der Waals surface area contributed by atoms with E-state index in [0.29, 0.717) is 30.2 Å². The van der Waals surface area contributed by atoms with E-state index in [-0.39, 0.29) is 6.61 Å². The van der Waals surface area contributed by atoms with Crippen molar-refractivity contribution in [1.82, 2.24) is 0 Å². The van der Waals surface area contributed by atoms with E-state index in [4.69, 9.17) is 21.1 Å². The second-order valence-electron chi connectivity index (χ2n) is 7.62. The molecule has 4 rings (SSSR count). The molecule has 0 radical (unpaired) electrons. The van der Waals surface area contributed by atoms with E-state index < -0.39 is 28.8 Å². The van der Waals surface area contributed by atoms with Gasteiger partial charge >= 0.3 is 0 Å². The van der Waals surface area contributed by atoms with Crippen LogP contribution in [0.3, 0.4) is 0 Å². The van der Waals surface area contributed by atoms with Crippen LogP contribution in [-0.4, -0.2) is 64.3 Å². The fourth-order valence-electron chi connectivity index (χ4n) is 4.12. The number of halogens is 1. The monoisotopic (exact) mass is 452 g/mol. The maximum absolute atomic E-state index is 10.7. The molecule has 2 aromatic carbocycles. The average Bonchev–Trinajstić information content (AvgIpc) is 3.26. The van der Waals surface area contributed by atoms with E-state index in [1.54, 1.807) is 7.11 Å². The summed E-state index contributed by atoms with van der Waals surface area (Å²) in [5, 5.41) is 40.3. The number of thioether (sulfide) groups is 1. The van der Waals surface area contributed by atoms with E-state index in [2.05, 4.69) is 0 Å². The summed E-state index contributed by atoms with van der Waals surface area (Å²) in [4.78, 5) is 0. The van der Waals surface area contributed by atoms with Crippen LogP contribution in [0, 0.1) is 0 Å². The molecule has 2 aromatic rings. The van der Waals surface area contributed by atoms with Crippen LogP contribution in [-0.2, 0) is 12.8 Å². The third-order valence-electron chi connectivity index (χ3n) is 5.78. The number of ether oxygens (including phenoxy) is 2. The number of rotatable bonds is 5. The molecule has 2 aliphatic rings. The van der Waals surface area contributed by atoms with Crippen LogP contribution < -0.4 is 9.47 Å². The fraction of sp³-hybridized carbons (Fsp3) is 0.455. The largest absolute Gasteiger partial charge is 0.497 e. The number of benzene rings is 2. The second kappa shape index (κ2) is 8.94. The SMILES string of the molecule is COc1ccc(Cc2cc(C3SC(CO)C(O)C(O)C3O)c3c(c2Cl)OCC3)cc1. The molecule has 5 unspecified atom stereocenters. The molecule has 4 N–H and O–H groups in total. The first kappa shape index (κ1) is 21.7. The minimum absolute atomic E-state index is 0.295. The Hall–Kier alpha value is -1.48. The maximum Gasteiger partial charge on any atom is 0.141 e. The minimum atomic E-state index is -1.34. The number of hydrogen-bond donors (Lipinski definition) is 4. The van der Waals surface area contributed by atoms with Gasteiger partial charge in [-0.1, -0.05) is 29.8 Å². The Bertz CT molecular complexity index is 903. The van der Waals surface area contributed by atoms with Crippen LogP contribution in [0.25, 0.3) is 0 Å². The predicted molar refractivity (Wildman–Crippen MR) is 116 cm³/mol. The standard InChI is InChI=1S/C22H25ClO6S/c1-28-13-4-2-11(3-5-13)8-12-9-15(14-6-7-29-21(14)17(12)23)22-20(27)19(26)18(25)16(10-24)30-22/h2-5,9,16,18-20,22,24-27H,6-8,10H2,1H3. The van der Waals surface area contributed by atoms with Crippen molar-refractivity contribution in [2.45, 2.75) is 41.7 Å². The molecule has 0 aromatic heterocycles. The Morgan fingerprint density at radius 3 is 2.53 bits per heavy atom. The highest BCUT2D eigenvalue weighted by molar-refractivity contribution is 8.00. The molecule has 1 fully saturated rings. The van der Waals surface area contributed by atoms with Gasteiger partial charge in [-0.2, -0.15) is 0 Å². The number of hydrogen-bond acceptors (Lipinski definition) is 7. The molecule has 0 amide bonds. The zero-order valence-electron chi connectivity index (χ0n) is 16.5. The van der Waals surface area contributed by atoms with Gasteiger partial charge in [-0.3, -0.25) is 0 Å². The predicted octanol–water partition coefficient (Wildman–Crippen LogP) is 2.11. The summed E-state index contributed by atoms with van der Waals surface area (Å²) in [6, 6.07) is 9.67. The van der Waals surface area contributed by atoms with Crippen LogP contribution in [0.2, 0.25) is 5.02 Å². The molecule has 0 aliphatic carbocycles. The van der Waals surface area contributed by atoms with E-state index in [1.165, 1.54) is 11.8 Å². The zero-order valence-corrected chi connectivity index (χ0v) is 18.1. The molecule has 30 heavy (non-hydrogen) atoms. The van der Waals surface area contributed by atoms with E-state index in [0.717, 1.165) is 28.0 Å². The summed E-state index contributed by atoms with van der Waals surface area (Å²) < 4.78 is 11.0. The van der Waals surface area contributed by atoms with E-state index >= 15 is 0 Å². The first-order valence-electron chi connectivity index (χ1n) is 9.85. The van der Waals surface area contributed by atoms with Gasteiger partial charge in [0, 0.05) is 12.0 Å². The Balaban J connectivity index is 1.73. The van der Waals surface area contributed by atoms with Crippen molar-refractivity contribution >= 4 is 23.4 Å². The molecular formula is C22H25ClO6S.